The van der Waals surface area contributed by atoms with E-state index < -0.39 is 0 Å². The van der Waals surface area contributed by atoms with Crippen LogP contribution in [0.5, 0.6) is 5.75 Å². The fourth-order valence-corrected chi connectivity index (χ4v) is 1.66. The van der Waals surface area contributed by atoms with E-state index in [2.05, 4.69) is 5.32 Å². The number of rotatable bonds is 8. The number of nitrogens with one attached hydrogen (secondary N) is 1. The molecule has 0 aliphatic rings. The monoisotopic (exact) mass is 254 g/mol. The second kappa shape index (κ2) is 7.92. The van der Waals surface area contributed by atoms with E-state index in [1.165, 1.54) is 0 Å². The van der Waals surface area contributed by atoms with Crippen molar-refractivity contribution < 1.29 is 14.2 Å². The maximum absolute atomic E-state index is 5.74. The number of hydrogen-bond donors (Lipinski definition) is 2. The van der Waals surface area contributed by atoms with Crippen LogP contribution in [0.15, 0.2) is 24.3 Å². The number of hydrogen-bond acceptors (Lipinski definition) is 5. The molecule has 1 atom stereocenters. The molecule has 1 aromatic rings. The summed E-state index contributed by atoms with van der Waals surface area (Å²) < 4.78 is 15.4. The number of methoxy groups -OCH3 is 3. The molecule has 0 heterocycles. The van der Waals surface area contributed by atoms with Gasteiger partial charge in [0.05, 0.1) is 7.11 Å². The number of anilines is 1. The van der Waals surface area contributed by atoms with E-state index in [1.807, 2.05) is 24.3 Å². The maximum atomic E-state index is 5.74. The molecule has 5 nitrogen and oxygen atoms in total. The van der Waals surface area contributed by atoms with Gasteiger partial charge < -0.3 is 25.3 Å². The van der Waals surface area contributed by atoms with Crippen molar-refractivity contribution in [3.8, 4) is 5.75 Å². The molecule has 0 saturated carbocycles. The highest BCUT2D eigenvalue weighted by Gasteiger charge is 2.14. The van der Waals surface area contributed by atoms with Gasteiger partial charge in [0.25, 0.3) is 0 Å². The summed E-state index contributed by atoms with van der Waals surface area (Å²) in [7, 11) is 4.89. The van der Waals surface area contributed by atoms with E-state index in [-0.39, 0.29) is 12.3 Å². The van der Waals surface area contributed by atoms with Crippen molar-refractivity contribution in [2.75, 3.05) is 33.2 Å². The van der Waals surface area contributed by atoms with E-state index in [9.17, 15) is 0 Å². The molecule has 0 amide bonds. The fraction of sp³-hybridized carbons (Fsp3) is 0.538. The molecule has 0 radical (unpaired) electrons. The second-order valence-electron chi connectivity index (χ2n) is 3.94. The van der Waals surface area contributed by atoms with Gasteiger partial charge in [0, 0.05) is 38.9 Å². The van der Waals surface area contributed by atoms with E-state index >= 15 is 0 Å². The Morgan fingerprint density at radius 2 is 1.72 bits per heavy atom. The van der Waals surface area contributed by atoms with Crippen LogP contribution >= 0.6 is 0 Å². The average Bonchev–Trinajstić information content (AvgIpc) is 2.44. The lowest BCUT2D eigenvalue weighted by atomic mass is 10.2. The van der Waals surface area contributed by atoms with Gasteiger partial charge in [-0.3, -0.25) is 0 Å². The van der Waals surface area contributed by atoms with Gasteiger partial charge >= 0.3 is 0 Å². The predicted molar refractivity (Wildman–Crippen MR) is 71.9 cm³/mol. The second-order valence-corrected chi connectivity index (χ2v) is 3.94. The van der Waals surface area contributed by atoms with Crippen LogP contribution in [0.25, 0.3) is 0 Å². The third-order valence-corrected chi connectivity index (χ3v) is 2.75. The van der Waals surface area contributed by atoms with E-state index in [1.54, 1.807) is 21.3 Å². The van der Waals surface area contributed by atoms with Gasteiger partial charge in [-0.1, -0.05) is 0 Å². The van der Waals surface area contributed by atoms with Crippen LogP contribution in [0.4, 0.5) is 5.69 Å². The van der Waals surface area contributed by atoms with Gasteiger partial charge in [-0.05, 0) is 24.3 Å². The lowest BCUT2D eigenvalue weighted by Crippen LogP contribution is -2.34. The molecular formula is C13H22N2O3. The van der Waals surface area contributed by atoms with Crippen molar-refractivity contribution in [1.82, 2.24) is 0 Å². The fourth-order valence-electron chi connectivity index (χ4n) is 1.66. The minimum atomic E-state index is -0.246. The van der Waals surface area contributed by atoms with Crippen LogP contribution < -0.4 is 15.8 Å². The molecule has 102 valence electrons. The van der Waals surface area contributed by atoms with Gasteiger partial charge in [-0.2, -0.15) is 0 Å². The maximum Gasteiger partial charge on any atom is 0.158 e. The summed E-state index contributed by atoms with van der Waals surface area (Å²) in [4.78, 5) is 0. The van der Waals surface area contributed by atoms with Gasteiger partial charge in [0.2, 0.25) is 0 Å². The normalized spacial score (nSPS) is 12.5. The van der Waals surface area contributed by atoms with Crippen LogP contribution in [-0.2, 0) is 9.47 Å². The van der Waals surface area contributed by atoms with Crippen LogP contribution in [0.3, 0.4) is 0 Å². The van der Waals surface area contributed by atoms with Crippen molar-refractivity contribution in [3.05, 3.63) is 24.3 Å². The zero-order chi connectivity index (χ0) is 13.4. The zero-order valence-corrected chi connectivity index (χ0v) is 11.2. The molecule has 3 N–H and O–H groups in total. The van der Waals surface area contributed by atoms with Crippen molar-refractivity contribution in [1.29, 1.82) is 0 Å². The highest BCUT2D eigenvalue weighted by atomic mass is 16.7. The van der Waals surface area contributed by atoms with Crippen LogP contribution in [0.1, 0.15) is 6.42 Å². The molecule has 5 heteroatoms. The van der Waals surface area contributed by atoms with Crippen LogP contribution in [0.2, 0.25) is 0 Å². The standard InChI is InChI=1S/C13H22N2O3/c1-16-12-6-4-10(5-7-12)15-11(9-14)8-13(17-2)18-3/h4-7,11,13,15H,8-9,14H2,1-3H3. The molecule has 0 fully saturated rings. The van der Waals surface area contributed by atoms with Crippen LogP contribution in [-0.4, -0.2) is 40.2 Å². The Hall–Kier alpha value is -1.30. The summed E-state index contributed by atoms with van der Waals surface area (Å²) in [5.41, 5.74) is 6.73. The summed E-state index contributed by atoms with van der Waals surface area (Å²) >= 11 is 0. The summed E-state index contributed by atoms with van der Waals surface area (Å²) in [5.74, 6) is 0.830. The number of benzene rings is 1. The first-order valence-corrected chi connectivity index (χ1v) is 5.89. The van der Waals surface area contributed by atoms with Gasteiger partial charge in [-0.15, -0.1) is 0 Å². The Morgan fingerprint density at radius 1 is 1.11 bits per heavy atom. The van der Waals surface area contributed by atoms with Crippen LogP contribution in [0, 0.1) is 0 Å². The van der Waals surface area contributed by atoms with E-state index in [4.69, 9.17) is 19.9 Å². The molecule has 0 bridgehead atoms. The SMILES string of the molecule is COc1ccc(NC(CN)CC(OC)OC)cc1. The molecule has 0 aliphatic carbocycles. The highest BCUT2D eigenvalue weighted by molar-refractivity contribution is 5.47. The molecule has 0 aromatic heterocycles. The Balaban J connectivity index is 2.55. The molecule has 1 unspecified atom stereocenters. The quantitative estimate of drug-likeness (QED) is 0.687. The highest BCUT2D eigenvalue weighted by Crippen LogP contribution is 2.17. The van der Waals surface area contributed by atoms with Crippen molar-refractivity contribution in [2.45, 2.75) is 18.8 Å². The van der Waals surface area contributed by atoms with Gasteiger partial charge in [0.1, 0.15) is 5.75 Å². The summed E-state index contributed by atoms with van der Waals surface area (Å²) in [6.45, 7) is 0.509. The first-order chi connectivity index (χ1) is 8.73. The first-order valence-electron chi connectivity index (χ1n) is 5.89. The Labute approximate surface area is 108 Å². The Bertz CT molecular complexity index is 326. The number of ether oxygens (including phenoxy) is 3. The summed E-state index contributed by atoms with van der Waals surface area (Å²) in [6, 6.07) is 7.81. The largest absolute Gasteiger partial charge is 0.497 e. The summed E-state index contributed by atoms with van der Waals surface area (Å²) in [5, 5.41) is 3.34. The van der Waals surface area contributed by atoms with Gasteiger partial charge in [-0.25, -0.2) is 0 Å². The molecule has 0 spiro atoms. The Morgan fingerprint density at radius 3 is 2.17 bits per heavy atom. The molecule has 1 aromatic carbocycles. The lowest BCUT2D eigenvalue weighted by molar-refractivity contribution is -0.107. The average molecular weight is 254 g/mol. The van der Waals surface area contributed by atoms with E-state index in [0.717, 1.165) is 11.4 Å². The van der Waals surface area contributed by atoms with E-state index in [0.29, 0.717) is 13.0 Å². The molecular weight excluding hydrogens is 232 g/mol. The number of nitrogens with two attached hydrogens (primary N) is 1. The summed E-state index contributed by atoms with van der Waals surface area (Å²) in [6.07, 6.45) is 0.444. The molecule has 18 heavy (non-hydrogen) atoms. The van der Waals surface area contributed by atoms with Crippen molar-refractivity contribution in [2.24, 2.45) is 5.73 Å². The third kappa shape index (κ3) is 4.52. The topological polar surface area (TPSA) is 65.7 Å². The van der Waals surface area contributed by atoms with Crippen molar-refractivity contribution >= 4 is 5.69 Å². The predicted octanol–water partition coefficient (Wildman–Crippen LogP) is 1.44. The van der Waals surface area contributed by atoms with Crippen molar-refractivity contribution in [3.63, 3.8) is 0 Å². The minimum absolute atomic E-state index is 0.100. The first kappa shape index (κ1) is 14.8. The molecule has 0 saturated heterocycles. The van der Waals surface area contributed by atoms with Gasteiger partial charge in [0.15, 0.2) is 6.29 Å². The lowest BCUT2D eigenvalue weighted by Gasteiger charge is -2.22. The minimum Gasteiger partial charge on any atom is -0.497 e. The molecule has 0 aliphatic heterocycles. The molecule has 1 rings (SSSR count). The smallest absolute Gasteiger partial charge is 0.158 e. The zero-order valence-electron chi connectivity index (χ0n) is 11.2. The third-order valence-electron chi connectivity index (χ3n) is 2.75. The Kier molecular flexibility index (Phi) is 6.49.